The van der Waals surface area contributed by atoms with Crippen molar-refractivity contribution in [3.05, 3.63) is 21.6 Å². The fourth-order valence-electron chi connectivity index (χ4n) is 1.69. The second-order valence-electron chi connectivity index (χ2n) is 5.38. The van der Waals surface area contributed by atoms with E-state index in [1.165, 1.54) is 0 Å². The molecule has 2 aromatic rings. The number of halogens is 2. The van der Waals surface area contributed by atoms with E-state index in [1.54, 1.807) is 44.5 Å². The molecule has 7 heteroatoms. The summed E-state index contributed by atoms with van der Waals surface area (Å²) in [5.74, 6) is 0.406. The van der Waals surface area contributed by atoms with Crippen molar-refractivity contribution in [2.24, 2.45) is 7.05 Å². The van der Waals surface area contributed by atoms with E-state index in [-0.39, 0.29) is 0 Å². The van der Waals surface area contributed by atoms with E-state index < -0.39 is 11.7 Å². The van der Waals surface area contributed by atoms with Gasteiger partial charge in [0.1, 0.15) is 5.60 Å². The number of aromatic nitrogens is 2. The Hall–Kier alpha value is -1.27. The van der Waals surface area contributed by atoms with Crippen LogP contribution in [0, 0.1) is 0 Å². The van der Waals surface area contributed by atoms with Crippen LogP contribution in [-0.2, 0) is 11.8 Å². The predicted molar refractivity (Wildman–Crippen MR) is 83.3 cm³/mol. The molecular weight excluding hydrogens is 346 g/mol. The molecule has 0 atom stereocenters. The maximum atomic E-state index is 11.8. The number of nitrogens with one attached hydrogen (secondary N) is 1. The molecule has 0 saturated carbocycles. The molecule has 0 bridgehead atoms. The molecule has 108 valence electrons. The molecule has 2 rings (SSSR count). The highest BCUT2D eigenvalue weighted by atomic mass is 79.9. The van der Waals surface area contributed by atoms with E-state index in [0.29, 0.717) is 11.0 Å². The first-order valence-corrected chi connectivity index (χ1v) is 7.16. The van der Waals surface area contributed by atoms with E-state index in [4.69, 9.17) is 16.3 Å². The standard InChI is InChI=1S/C13H15BrClN3O2/c1-13(2,3)20-12(19)17-11-16-9-5-7(14)8(15)6-10(9)18(11)4/h5-6H,1-4H3,(H,16,17,19). The van der Waals surface area contributed by atoms with Crippen LogP contribution in [0.3, 0.4) is 0 Å². The summed E-state index contributed by atoms with van der Waals surface area (Å²) in [5.41, 5.74) is 1.00. The predicted octanol–water partition coefficient (Wildman–Crippen LogP) is 4.34. The molecule has 0 spiro atoms. The largest absolute Gasteiger partial charge is 0.444 e. The number of aryl methyl sites for hydroxylation is 1. The Morgan fingerprint density at radius 3 is 2.70 bits per heavy atom. The van der Waals surface area contributed by atoms with Crippen molar-refractivity contribution in [1.29, 1.82) is 0 Å². The molecular formula is C13H15BrClN3O2. The number of nitrogens with zero attached hydrogens (tertiary/aromatic N) is 2. The highest BCUT2D eigenvalue weighted by molar-refractivity contribution is 9.10. The lowest BCUT2D eigenvalue weighted by molar-refractivity contribution is 0.0634. The molecule has 1 aromatic carbocycles. The number of carbonyl (C=O) groups excluding carboxylic acids is 1. The fourth-order valence-corrected chi connectivity index (χ4v) is 2.18. The summed E-state index contributed by atoms with van der Waals surface area (Å²) in [6, 6.07) is 3.59. The zero-order chi connectivity index (χ0) is 15.1. The van der Waals surface area contributed by atoms with Gasteiger partial charge in [0.05, 0.1) is 16.1 Å². The summed E-state index contributed by atoms with van der Waals surface area (Å²) in [6.45, 7) is 5.41. The maximum absolute atomic E-state index is 11.8. The summed E-state index contributed by atoms with van der Waals surface area (Å²) in [4.78, 5) is 16.1. The van der Waals surface area contributed by atoms with E-state index in [2.05, 4.69) is 26.2 Å². The number of benzene rings is 1. The van der Waals surface area contributed by atoms with Crippen LogP contribution in [0.5, 0.6) is 0 Å². The molecule has 1 aromatic heterocycles. The first-order chi connectivity index (χ1) is 9.17. The van der Waals surface area contributed by atoms with E-state index >= 15 is 0 Å². The van der Waals surface area contributed by atoms with E-state index in [1.807, 2.05) is 0 Å². The van der Waals surface area contributed by atoms with Gasteiger partial charge in [0.15, 0.2) is 0 Å². The van der Waals surface area contributed by atoms with Crippen LogP contribution < -0.4 is 5.32 Å². The normalized spacial score (nSPS) is 11.7. The minimum absolute atomic E-state index is 0.406. The Bertz CT molecular complexity index is 676. The van der Waals surface area contributed by atoms with Gasteiger partial charge in [-0.15, -0.1) is 0 Å². The lowest BCUT2D eigenvalue weighted by Gasteiger charge is -2.19. The number of ether oxygens (including phenoxy) is 1. The van der Waals surface area contributed by atoms with E-state index in [0.717, 1.165) is 15.5 Å². The van der Waals surface area contributed by atoms with Crippen molar-refractivity contribution < 1.29 is 9.53 Å². The van der Waals surface area contributed by atoms with Crippen LogP contribution in [0.25, 0.3) is 11.0 Å². The number of hydrogen-bond donors (Lipinski definition) is 1. The first kappa shape index (κ1) is 15.1. The van der Waals surface area contributed by atoms with Crippen LogP contribution in [0.15, 0.2) is 16.6 Å². The molecule has 0 fully saturated rings. The fraction of sp³-hybridized carbons (Fsp3) is 0.385. The number of carbonyl (C=O) groups is 1. The lowest BCUT2D eigenvalue weighted by Crippen LogP contribution is -2.28. The summed E-state index contributed by atoms with van der Waals surface area (Å²) < 4.78 is 7.71. The van der Waals surface area contributed by atoms with Crippen LogP contribution in [0.4, 0.5) is 10.7 Å². The Labute approximate surface area is 130 Å². The van der Waals surface area contributed by atoms with Crippen LogP contribution >= 0.6 is 27.5 Å². The van der Waals surface area contributed by atoms with Crippen LogP contribution in [0.2, 0.25) is 5.02 Å². The first-order valence-electron chi connectivity index (χ1n) is 5.99. The third kappa shape index (κ3) is 3.24. The van der Waals surface area contributed by atoms with Crippen LogP contribution in [-0.4, -0.2) is 21.2 Å². The van der Waals surface area contributed by atoms with Gasteiger partial charge in [0.25, 0.3) is 0 Å². The summed E-state index contributed by atoms with van der Waals surface area (Å²) in [7, 11) is 1.80. The maximum Gasteiger partial charge on any atom is 0.414 e. The molecule has 0 radical (unpaired) electrons. The molecule has 1 amide bonds. The molecule has 1 N–H and O–H groups in total. The van der Waals surface area contributed by atoms with Gasteiger partial charge >= 0.3 is 6.09 Å². The van der Waals surface area contributed by atoms with Crippen molar-refractivity contribution in [3.63, 3.8) is 0 Å². The minimum atomic E-state index is -0.555. The Kier molecular flexibility index (Phi) is 3.97. The number of hydrogen-bond acceptors (Lipinski definition) is 3. The molecule has 0 saturated heterocycles. The van der Waals surface area contributed by atoms with Gasteiger partial charge in [-0.25, -0.2) is 9.78 Å². The van der Waals surface area contributed by atoms with Gasteiger partial charge in [-0.2, -0.15) is 0 Å². The molecule has 0 aliphatic rings. The zero-order valence-corrected chi connectivity index (χ0v) is 14.0. The average Bonchev–Trinajstić information content (AvgIpc) is 2.55. The van der Waals surface area contributed by atoms with Crippen molar-refractivity contribution in [2.45, 2.75) is 26.4 Å². The van der Waals surface area contributed by atoms with Gasteiger partial charge < -0.3 is 9.30 Å². The molecule has 0 aliphatic heterocycles. The Balaban J connectivity index is 2.32. The Morgan fingerprint density at radius 1 is 1.45 bits per heavy atom. The second kappa shape index (κ2) is 5.26. The topological polar surface area (TPSA) is 56.2 Å². The van der Waals surface area contributed by atoms with Crippen LogP contribution in [0.1, 0.15) is 20.8 Å². The minimum Gasteiger partial charge on any atom is -0.444 e. The third-order valence-corrected chi connectivity index (χ3v) is 3.73. The van der Waals surface area contributed by atoms with E-state index in [9.17, 15) is 4.79 Å². The van der Waals surface area contributed by atoms with Crippen molar-refractivity contribution in [1.82, 2.24) is 9.55 Å². The number of imidazole rings is 1. The lowest BCUT2D eigenvalue weighted by atomic mass is 10.2. The number of amides is 1. The zero-order valence-electron chi connectivity index (χ0n) is 11.6. The third-order valence-electron chi connectivity index (χ3n) is 2.54. The van der Waals surface area contributed by atoms with Gasteiger partial charge in [-0.3, -0.25) is 5.32 Å². The van der Waals surface area contributed by atoms with Gasteiger partial charge in [0, 0.05) is 11.5 Å². The Morgan fingerprint density at radius 2 is 2.10 bits per heavy atom. The monoisotopic (exact) mass is 359 g/mol. The van der Waals surface area contributed by atoms with Crippen molar-refractivity contribution >= 4 is 50.6 Å². The highest BCUT2D eigenvalue weighted by Crippen LogP contribution is 2.29. The molecule has 1 heterocycles. The highest BCUT2D eigenvalue weighted by Gasteiger charge is 2.18. The smallest absolute Gasteiger partial charge is 0.414 e. The number of rotatable bonds is 1. The van der Waals surface area contributed by atoms with Gasteiger partial charge in [-0.05, 0) is 48.8 Å². The van der Waals surface area contributed by atoms with Crippen molar-refractivity contribution in [3.8, 4) is 0 Å². The molecule has 0 unspecified atom stereocenters. The number of anilines is 1. The van der Waals surface area contributed by atoms with Gasteiger partial charge in [0.2, 0.25) is 5.95 Å². The van der Waals surface area contributed by atoms with Crippen molar-refractivity contribution in [2.75, 3.05) is 5.32 Å². The second-order valence-corrected chi connectivity index (χ2v) is 6.64. The summed E-state index contributed by atoms with van der Waals surface area (Å²) in [5, 5.41) is 3.21. The number of fused-ring (bicyclic) bond motifs is 1. The molecule has 0 aliphatic carbocycles. The quantitative estimate of drug-likeness (QED) is 0.823. The van der Waals surface area contributed by atoms with Gasteiger partial charge in [-0.1, -0.05) is 11.6 Å². The summed E-state index contributed by atoms with van der Waals surface area (Å²) in [6.07, 6.45) is -0.541. The summed E-state index contributed by atoms with van der Waals surface area (Å²) >= 11 is 9.41. The molecule has 5 nitrogen and oxygen atoms in total. The SMILES string of the molecule is Cn1c(NC(=O)OC(C)(C)C)nc2cc(Br)c(Cl)cc21. The average molecular weight is 361 g/mol. The molecule has 20 heavy (non-hydrogen) atoms.